The Bertz CT molecular complexity index is 403. The highest BCUT2D eigenvalue weighted by atomic mass is 19.1. The predicted octanol–water partition coefficient (Wildman–Crippen LogP) is 1.59. The molecule has 1 fully saturated rings. The molecule has 0 saturated carbocycles. The summed E-state index contributed by atoms with van der Waals surface area (Å²) in [5.41, 5.74) is 1.80. The zero-order chi connectivity index (χ0) is 13.0. The van der Waals surface area contributed by atoms with Crippen LogP contribution in [-0.4, -0.2) is 44.7 Å². The van der Waals surface area contributed by atoms with Gasteiger partial charge in [-0.25, -0.2) is 4.39 Å². The lowest BCUT2D eigenvalue weighted by Crippen LogP contribution is -2.44. The van der Waals surface area contributed by atoms with Crippen molar-refractivity contribution in [2.24, 2.45) is 0 Å². The van der Waals surface area contributed by atoms with E-state index in [0.717, 1.165) is 50.3 Å². The molecular weight excluding hydrogens is 231 g/mol. The summed E-state index contributed by atoms with van der Waals surface area (Å²) in [6.45, 7) is 7.02. The number of nitrogens with zero attached hydrogens (tertiary/aromatic N) is 1. The number of hydrogen-bond donors (Lipinski definition) is 1. The molecule has 1 aliphatic rings. The van der Waals surface area contributed by atoms with Crippen LogP contribution in [0.1, 0.15) is 11.1 Å². The van der Waals surface area contributed by atoms with Crippen LogP contribution in [0.5, 0.6) is 5.75 Å². The largest absolute Gasteiger partial charge is 0.494 e. The van der Waals surface area contributed by atoms with E-state index in [4.69, 9.17) is 4.74 Å². The molecule has 0 bridgehead atoms. The maximum absolute atomic E-state index is 14.1. The van der Waals surface area contributed by atoms with Crippen molar-refractivity contribution in [3.05, 3.63) is 29.1 Å². The number of ether oxygens (including phenoxy) is 1. The monoisotopic (exact) mass is 252 g/mol. The molecule has 4 heteroatoms. The average molecular weight is 252 g/mol. The molecule has 1 aromatic carbocycles. The van der Waals surface area contributed by atoms with Gasteiger partial charge in [0, 0.05) is 32.7 Å². The fourth-order valence-electron chi connectivity index (χ4n) is 2.35. The maximum atomic E-state index is 14.1. The van der Waals surface area contributed by atoms with Crippen LogP contribution in [0, 0.1) is 12.7 Å². The lowest BCUT2D eigenvalue weighted by atomic mass is 10.1. The summed E-state index contributed by atoms with van der Waals surface area (Å²) in [7, 11) is 1.51. The van der Waals surface area contributed by atoms with Crippen molar-refractivity contribution in [1.82, 2.24) is 10.2 Å². The predicted molar refractivity (Wildman–Crippen MR) is 70.7 cm³/mol. The number of benzene rings is 1. The van der Waals surface area contributed by atoms with Crippen molar-refractivity contribution in [2.75, 3.05) is 39.8 Å². The van der Waals surface area contributed by atoms with E-state index < -0.39 is 0 Å². The lowest BCUT2D eigenvalue weighted by Gasteiger charge is -2.27. The van der Waals surface area contributed by atoms with Gasteiger partial charge in [0.25, 0.3) is 0 Å². The summed E-state index contributed by atoms with van der Waals surface area (Å²) < 4.78 is 19.1. The Morgan fingerprint density at radius 1 is 1.33 bits per heavy atom. The van der Waals surface area contributed by atoms with Crippen LogP contribution in [0.2, 0.25) is 0 Å². The fraction of sp³-hybridized carbons (Fsp3) is 0.571. The Hall–Kier alpha value is -1.13. The second-order valence-corrected chi connectivity index (χ2v) is 4.78. The van der Waals surface area contributed by atoms with Gasteiger partial charge in [-0.3, -0.25) is 0 Å². The minimum Gasteiger partial charge on any atom is -0.494 e. The molecule has 100 valence electrons. The van der Waals surface area contributed by atoms with Crippen molar-refractivity contribution in [2.45, 2.75) is 13.3 Å². The van der Waals surface area contributed by atoms with E-state index in [9.17, 15) is 4.39 Å². The van der Waals surface area contributed by atoms with Gasteiger partial charge < -0.3 is 15.0 Å². The molecule has 0 radical (unpaired) electrons. The van der Waals surface area contributed by atoms with Crippen molar-refractivity contribution >= 4 is 0 Å². The summed E-state index contributed by atoms with van der Waals surface area (Å²) in [6.07, 6.45) is 0.740. The van der Waals surface area contributed by atoms with E-state index in [2.05, 4.69) is 10.2 Å². The summed E-state index contributed by atoms with van der Waals surface area (Å²) in [5, 5.41) is 3.32. The van der Waals surface area contributed by atoms with Gasteiger partial charge in [-0.15, -0.1) is 0 Å². The second-order valence-electron chi connectivity index (χ2n) is 4.78. The summed E-state index contributed by atoms with van der Waals surface area (Å²) in [6, 6.07) is 3.66. The smallest absolute Gasteiger partial charge is 0.168 e. The molecule has 0 amide bonds. The molecule has 1 saturated heterocycles. The van der Waals surface area contributed by atoms with E-state index >= 15 is 0 Å². The van der Waals surface area contributed by atoms with E-state index in [1.807, 2.05) is 13.0 Å². The highest BCUT2D eigenvalue weighted by molar-refractivity contribution is 5.36. The normalized spacial score (nSPS) is 16.8. The van der Waals surface area contributed by atoms with Crippen LogP contribution >= 0.6 is 0 Å². The van der Waals surface area contributed by atoms with Gasteiger partial charge in [0.05, 0.1) is 7.11 Å². The Balaban J connectivity index is 2.01. The quantitative estimate of drug-likeness (QED) is 0.880. The minimum atomic E-state index is -0.210. The van der Waals surface area contributed by atoms with E-state index in [-0.39, 0.29) is 5.82 Å². The zero-order valence-electron chi connectivity index (χ0n) is 11.1. The molecule has 18 heavy (non-hydrogen) atoms. The van der Waals surface area contributed by atoms with Gasteiger partial charge in [0.15, 0.2) is 11.6 Å². The third-order valence-corrected chi connectivity index (χ3v) is 3.39. The van der Waals surface area contributed by atoms with Crippen LogP contribution in [0.15, 0.2) is 12.1 Å². The Morgan fingerprint density at radius 3 is 2.72 bits per heavy atom. The number of hydrogen-bond acceptors (Lipinski definition) is 3. The molecule has 1 aliphatic heterocycles. The Morgan fingerprint density at radius 2 is 2.06 bits per heavy atom. The molecule has 2 rings (SSSR count). The average Bonchev–Trinajstić information content (AvgIpc) is 2.40. The van der Waals surface area contributed by atoms with Crippen LogP contribution in [0.25, 0.3) is 0 Å². The molecule has 0 aromatic heterocycles. The zero-order valence-corrected chi connectivity index (χ0v) is 11.1. The van der Waals surface area contributed by atoms with E-state index in [1.54, 1.807) is 6.07 Å². The molecule has 0 unspecified atom stereocenters. The minimum absolute atomic E-state index is 0.210. The van der Waals surface area contributed by atoms with Crippen LogP contribution in [-0.2, 0) is 6.42 Å². The summed E-state index contributed by atoms with van der Waals surface area (Å²) in [5.74, 6) is 0.142. The lowest BCUT2D eigenvalue weighted by molar-refractivity contribution is 0.243. The van der Waals surface area contributed by atoms with Gasteiger partial charge in [-0.1, -0.05) is 6.07 Å². The maximum Gasteiger partial charge on any atom is 0.168 e. The van der Waals surface area contributed by atoms with E-state index in [0.29, 0.717) is 5.75 Å². The standard InChI is InChI=1S/C14H21FN2O/c1-11-9-12(14(15)13(10-11)18-2)3-6-17-7-4-16-5-8-17/h9-10,16H,3-8H2,1-2H3. The van der Waals surface area contributed by atoms with Crippen molar-refractivity contribution in [1.29, 1.82) is 0 Å². The van der Waals surface area contributed by atoms with Crippen LogP contribution in [0.3, 0.4) is 0 Å². The molecule has 0 aliphatic carbocycles. The second kappa shape index (κ2) is 6.16. The van der Waals surface area contributed by atoms with Gasteiger partial charge >= 0.3 is 0 Å². The first-order valence-corrected chi connectivity index (χ1v) is 6.47. The number of aryl methyl sites for hydroxylation is 1. The first kappa shape index (κ1) is 13.3. The summed E-state index contributed by atoms with van der Waals surface area (Å²) >= 11 is 0. The van der Waals surface area contributed by atoms with Crippen molar-refractivity contribution in [3.8, 4) is 5.75 Å². The third kappa shape index (κ3) is 3.21. The first-order chi connectivity index (χ1) is 8.70. The highest BCUT2D eigenvalue weighted by Gasteiger charge is 2.13. The molecule has 0 atom stereocenters. The number of methoxy groups -OCH3 is 1. The van der Waals surface area contributed by atoms with Gasteiger partial charge in [-0.05, 0) is 30.5 Å². The fourth-order valence-corrected chi connectivity index (χ4v) is 2.35. The molecular formula is C14H21FN2O. The van der Waals surface area contributed by atoms with Crippen LogP contribution in [0.4, 0.5) is 4.39 Å². The van der Waals surface area contributed by atoms with Crippen molar-refractivity contribution in [3.63, 3.8) is 0 Å². The summed E-state index contributed by atoms with van der Waals surface area (Å²) in [4.78, 5) is 2.37. The number of rotatable bonds is 4. The molecule has 1 N–H and O–H groups in total. The number of piperazine rings is 1. The number of nitrogens with one attached hydrogen (secondary N) is 1. The highest BCUT2D eigenvalue weighted by Crippen LogP contribution is 2.23. The third-order valence-electron chi connectivity index (χ3n) is 3.39. The van der Waals surface area contributed by atoms with Crippen molar-refractivity contribution < 1.29 is 9.13 Å². The molecule has 3 nitrogen and oxygen atoms in total. The first-order valence-electron chi connectivity index (χ1n) is 6.47. The molecule has 1 aromatic rings. The SMILES string of the molecule is COc1cc(C)cc(CCN2CCNCC2)c1F. The Labute approximate surface area is 108 Å². The van der Waals surface area contributed by atoms with Gasteiger partial charge in [0.1, 0.15) is 0 Å². The topological polar surface area (TPSA) is 24.5 Å². The van der Waals surface area contributed by atoms with Gasteiger partial charge in [0.2, 0.25) is 0 Å². The van der Waals surface area contributed by atoms with E-state index in [1.165, 1.54) is 7.11 Å². The molecule has 1 heterocycles. The van der Waals surface area contributed by atoms with Crippen LogP contribution < -0.4 is 10.1 Å². The Kier molecular flexibility index (Phi) is 4.55. The molecule has 0 spiro atoms. The number of halogens is 1. The van der Waals surface area contributed by atoms with Gasteiger partial charge in [-0.2, -0.15) is 0 Å².